The summed E-state index contributed by atoms with van der Waals surface area (Å²) < 4.78 is 12.2. The van der Waals surface area contributed by atoms with Crippen LogP contribution >= 0.6 is 9.72 Å². The molecule has 3 nitrogen and oxygen atoms in total. The smallest absolute Gasteiger partial charge is 0.0437 e. The van der Waals surface area contributed by atoms with Crippen molar-refractivity contribution in [3.63, 3.8) is 0 Å². The van der Waals surface area contributed by atoms with E-state index >= 15 is 0 Å². The topological polar surface area (TPSA) is 36.1 Å². The lowest BCUT2D eigenvalue weighted by Gasteiger charge is -2.69. The third-order valence-corrected chi connectivity index (χ3v) is 10.9. The highest BCUT2D eigenvalue weighted by molar-refractivity contribution is 8.52. The second-order valence-electron chi connectivity index (χ2n) is 9.05. The van der Waals surface area contributed by atoms with Gasteiger partial charge in [-0.1, -0.05) is 68.4 Å². The van der Waals surface area contributed by atoms with Crippen molar-refractivity contribution < 1.29 is 0 Å². The lowest BCUT2D eigenvalue weighted by molar-refractivity contribution is 0.332. The molecule has 0 bridgehead atoms. The second kappa shape index (κ2) is 7.68. The molecule has 0 spiro atoms. The van der Waals surface area contributed by atoms with Gasteiger partial charge in [-0.05, 0) is 54.7 Å². The molecule has 3 N–H and O–H groups in total. The number of anilines is 3. The average molecular weight is 408 g/mol. The molecular weight excluding hydrogens is 374 g/mol. The monoisotopic (exact) mass is 407 g/mol. The van der Waals surface area contributed by atoms with Crippen LogP contribution < -0.4 is 14.2 Å². The summed E-state index contributed by atoms with van der Waals surface area (Å²) in [6.07, 6.45) is 2.34. The molecule has 4 rings (SSSR count). The normalized spacial score (nSPS) is 20.6. The SMILES string of the molecule is CC1(C)CC[SH](Nc2ccccc2)(Nc2ccccc2)(Nc2ccccc2)CC1. The molecule has 1 saturated heterocycles. The van der Waals surface area contributed by atoms with Gasteiger partial charge in [-0.25, -0.2) is 0 Å². The molecule has 29 heavy (non-hydrogen) atoms. The van der Waals surface area contributed by atoms with Crippen molar-refractivity contribution in [2.75, 3.05) is 25.7 Å². The first-order chi connectivity index (χ1) is 14.0. The largest absolute Gasteiger partial charge is 0.336 e. The summed E-state index contributed by atoms with van der Waals surface area (Å²) in [5, 5.41) is 0. The molecule has 3 aromatic carbocycles. The Kier molecular flexibility index (Phi) is 5.22. The fourth-order valence-electron chi connectivity index (χ4n) is 4.23. The van der Waals surface area contributed by atoms with E-state index in [1.54, 1.807) is 0 Å². The van der Waals surface area contributed by atoms with Crippen LogP contribution in [0, 0.1) is 5.41 Å². The lowest BCUT2D eigenvalue weighted by Crippen LogP contribution is -2.50. The Bertz CT molecular complexity index is 808. The summed E-state index contributed by atoms with van der Waals surface area (Å²) >= 11 is 0. The van der Waals surface area contributed by atoms with Gasteiger partial charge in [0.05, 0.1) is 0 Å². The Hall–Kier alpha value is -2.59. The van der Waals surface area contributed by atoms with E-state index in [0.717, 1.165) is 28.6 Å². The van der Waals surface area contributed by atoms with Gasteiger partial charge in [-0.2, -0.15) is 0 Å². The molecule has 0 aromatic heterocycles. The van der Waals surface area contributed by atoms with Gasteiger partial charge in [-0.15, -0.1) is 9.72 Å². The van der Waals surface area contributed by atoms with Crippen molar-refractivity contribution in [2.45, 2.75) is 26.7 Å². The van der Waals surface area contributed by atoms with Crippen LogP contribution in [0.2, 0.25) is 0 Å². The molecule has 0 atom stereocenters. The Labute approximate surface area is 175 Å². The van der Waals surface area contributed by atoms with Crippen LogP contribution in [-0.2, 0) is 0 Å². The standard InChI is InChI=1S/C25H33N3S/c1-25(2)18-20-29(21-19-25,26-22-12-6-3-7-13-22,27-23-14-8-4-9-15-23)28-24-16-10-5-11-17-24/h3-17,26-29H,18-21H2,1-2H3. The molecule has 0 unspecified atom stereocenters. The molecule has 0 saturated carbocycles. The quantitative estimate of drug-likeness (QED) is 0.334. The number of hydrogen-bond donors (Lipinski definition) is 4. The number of benzene rings is 3. The highest BCUT2D eigenvalue weighted by atomic mass is 32.3. The minimum absolute atomic E-state index is 0.358. The number of hydrogen-bond acceptors (Lipinski definition) is 3. The predicted octanol–water partition coefficient (Wildman–Crippen LogP) is 6.96. The van der Waals surface area contributed by atoms with E-state index in [9.17, 15) is 0 Å². The van der Waals surface area contributed by atoms with Gasteiger partial charge in [0, 0.05) is 28.6 Å². The maximum atomic E-state index is 4.05. The third-order valence-electron chi connectivity index (χ3n) is 6.08. The van der Waals surface area contributed by atoms with E-state index in [0.29, 0.717) is 5.41 Å². The number of thiol groups is 1. The van der Waals surface area contributed by atoms with Gasteiger partial charge >= 0.3 is 0 Å². The van der Waals surface area contributed by atoms with Crippen LogP contribution in [0.5, 0.6) is 0 Å². The van der Waals surface area contributed by atoms with Crippen LogP contribution in [-0.4, -0.2) is 11.5 Å². The zero-order valence-corrected chi connectivity index (χ0v) is 18.3. The molecule has 3 aromatic rings. The number of rotatable bonds is 6. The summed E-state index contributed by atoms with van der Waals surface area (Å²) in [5.41, 5.74) is 3.85. The van der Waals surface area contributed by atoms with Crippen LogP contribution in [0.1, 0.15) is 26.7 Å². The van der Waals surface area contributed by atoms with E-state index < -0.39 is 9.72 Å². The average Bonchev–Trinajstić information content (AvgIpc) is 2.73. The minimum Gasteiger partial charge on any atom is -0.336 e. The van der Waals surface area contributed by atoms with Crippen molar-refractivity contribution >= 4 is 26.8 Å². The van der Waals surface area contributed by atoms with Gasteiger partial charge in [-0.3, -0.25) is 0 Å². The zero-order chi connectivity index (χ0) is 20.2. The first kappa shape index (κ1) is 19.7. The fraction of sp³-hybridized carbons (Fsp3) is 0.280. The van der Waals surface area contributed by atoms with Crippen molar-refractivity contribution in [3.8, 4) is 0 Å². The predicted molar refractivity (Wildman–Crippen MR) is 132 cm³/mol. The molecular formula is C25H33N3S. The molecule has 1 aliphatic heterocycles. The van der Waals surface area contributed by atoms with E-state index in [4.69, 9.17) is 0 Å². The summed E-state index contributed by atoms with van der Waals surface area (Å²) in [5.74, 6) is 2.16. The van der Waals surface area contributed by atoms with Gasteiger partial charge in [0.1, 0.15) is 0 Å². The summed E-state index contributed by atoms with van der Waals surface area (Å²) in [6, 6.07) is 31.9. The van der Waals surface area contributed by atoms with Crippen molar-refractivity contribution in [3.05, 3.63) is 91.0 Å². The Morgan fingerprint density at radius 1 is 0.552 bits per heavy atom. The number of nitrogens with one attached hydrogen (secondary N) is 3. The Morgan fingerprint density at radius 3 is 1.17 bits per heavy atom. The molecule has 1 fully saturated rings. The maximum Gasteiger partial charge on any atom is 0.0437 e. The minimum atomic E-state index is -2.80. The van der Waals surface area contributed by atoms with Gasteiger partial charge in [0.25, 0.3) is 0 Å². The number of para-hydroxylation sites is 3. The van der Waals surface area contributed by atoms with E-state index in [-0.39, 0.29) is 0 Å². The molecule has 0 amide bonds. The van der Waals surface area contributed by atoms with E-state index in [1.807, 2.05) is 0 Å². The Balaban J connectivity index is 1.81. The third kappa shape index (κ3) is 4.54. The van der Waals surface area contributed by atoms with Crippen molar-refractivity contribution in [1.29, 1.82) is 0 Å². The van der Waals surface area contributed by atoms with Crippen molar-refractivity contribution in [2.24, 2.45) is 5.41 Å². The van der Waals surface area contributed by atoms with E-state index in [2.05, 4.69) is 119 Å². The first-order valence-electron chi connectivity index (χ1n) is 10.5. The maximum absolute atomic E-state index is 4.05. The molecule has 154 valence electrons. The van der Waals surface area contributed by atoms with Crippen LogP contribution in [0.25, 0.3) is 0 Å². The van der Waals surface area contributed by atoms with Crippen LogP contribution in [0.4, 0.5) is 17.1 Å². The molecule has 0 radical (unpaired) electrons. The molecule has 1 heterocycles. The molecule has 4 heteroatoms. The van der Waals surface area contributed by atoms with Crippen LogP contribution in [0.3, 0.4) is 0 Å². The van der Waals surface area contributed by atoms with Crippen LogP contribution in [0.15, 0.2) is 91.0 Å². The molecule has 1 aliphatic rings. The summed E-state index contributed by atoms with van der Waals surface area (Å²) in [7, 11) is -2.80. The highest BCUT2D eigenvalue weighted by Gasteiger charge is 2.45. The highest BCUT2D eigenvalue weighted by Crippen LogP contribution is 2.71. The van der Waals surface area contributed by atoms with E-state index in [1.165, 1.54) is 12.8 Å². The summed E-state index contributed by atoms with van der Waals surface area (Å²) in [4.78, 5) is 0. The van der Waals surface area contributed by atoms with Gasteiger partial charge in [0.2, 0.25) is 0 Å². The Morgan fingerprint density at radius 2 is 0.862 bits per heavy atom. The van der Waals surface area contributed by atoms with Gasteiger partial charge < -0.3 is 14.2 Å². The van der Waals surface area contributed by atoms with Crippen molar-refractivity contribution in [1.82, 2.24) is 0 Å². The van der Waals surface area contributed by atoms with Gasteiger partial charge in [0.15, 0.2) is 0 Å². The zero-order valence-electron chi connectivity index (χ0n) is 17.4. The lowest BCUT2D eigenvalue weighted by atomic mass is 9.87. The first-order valence-corrected chi connectivity index (χ1v) is 13.1. The molecule has 0 aliphatic carbocycles. The summed E-state index contributed by atoms with van der Waals surface area (Å²) in [6.45, 7) is 4.79. The fourth-order valence-corrected chi connectivity index (χ4v) is 9.81. The second-order valence-corrected chi connectivity index (χ2v) is 13.6.